The van der Waals surface area contributed by atoms with Crippen LogP contribution in [0.25, 0.3) is 0 Å². The lowest BCUT2D eigenvalue weighted by atomic mass is 10.1. The summed E-state index contributed by atoms with van der Waals surface area (Å²) < 4.78 is 11.0. The molecule has 5 heteroatoms. The Balaban J connectivity index is 2.23. The number of rotatable bonds is 8. The minimum absolute atomic E-state index is 0.0540. The third-order valence-corrected chi connectivity index (χ3v) is 2.70. The predicted molar refractivity (Wildman–Crippen MR) is 79.7 cm³/mol. The Labute approximate surface area is 120 Å². The maximum Gasteiger partial charge on any atom is 0.223 e. The molecule has 0 spiro atoms. The standard InChI is InChI=1S/C15H24N2O3/c1-4-20-15(2,3)11-17-14(18)8-9-19-13-7-5-6-12(16)10-13/h5-7,10H,4,8-9,11,16H2,1-3H3,(H,17,18). The predicted octanol–water partition coefficient (Wildman–Crippen LogP) is 1.97. The van der Waals surface area contributed by atoms with Gasteiger partial charge in [-0.25, -0.2) is 0 Å². The molecule has 0 saturated heterocycles. The van der Waals surface area contributed by atoms with E-state index in [1.165, 1.54) is 0 Å². The van der Waals surface area contributed by atoms with E-state index >= 15 is 0 Å². The number of hydrogen-bond acceptors (Lipinski definition) is 4. The van der Waals surface area contributed by atoms with Crippen LogP contribution in [0, 0.1) is 0 Å². The Bertz CT molecular complexity index is 433. The monoisotopic (exact) mass is 280 g/mol. The molecule has 0 bridgehead atoms. The van der Waals surface area contributed by atoms with E-state index in [1.54, 1.807) is 12.1 Å². The van der Waals surface area contributed by atoms with E-state index in [-0.39, 0.29) is 11.5 Å². The fraction of sp³-hybridized carbons (Fsp3) is 0.533. The number of carbonyl (C=O) groups excluding carboxylic acids is 1. The molecule has 1 aromatic rings. The van der Waals surface area contributed by atoms with Gasteiger partial charge in [-0.2, -0.15) is 0 Å². The van der Waals surface area contributed by atoms with Crippen molar-refractivity contribution in [1.29, 1.82) is 0 Å². The second kappa shape index (κ2) is 7.75. The number of benzene rings is 1. The molecule has 0 fully saturated rings. The summed E-state index contributed by atoms with van der Waals surface area (Å²) in [6, 6.07) is 7.15. The lowest BCUT2D eigenvalue weighted by Crippen LogP contribution is -2.40. The van der Waals surface area contributed by atoms with Crippen molar-refractivity contribution in [3.63, 3.8) is 0 Å². The maximum absolute atomic E-state index is 11.7. The number of ether oxygens (including phenoxy) is 2. The Kier molecular flexibility index (Phi) is 6.31. The second-order valence-electron chi connectivity index (χ2n) is 5.14. The Morgan fingerprint density at radius 2 is 2.15 bits per heavy atom. The molecule has 0 aliphatic carbocycles. The molecular weight excluding hydrogens is 256 g/mol. The smallest absolute Gasteiger partial charge is 0.223 e. The van der Waals surface area contributed by atoms with Gasteiger partial charge in [0, 0.05) is 24.9 Å². The molecule has 1 aromatic carbocycles. The van der Waals surface area contributed by atoms with E-state index < -0.39 is 0 Å². The molecule has 1 rings (SSSR count). The lowest BCUT2D eigenvalue weighted by molar-refractivity contribution is -0.123. The molecule has 0 unspecified atom stereocenters. The Morgan fingerprint density at radius 3 is 2.80 bits per heavy atom. The Hall–Kier alpha value is -1.75. The second-order valence-corrected chi connectivity index (χ2v) is 5.14. The van der Waals surface area contributed by atoms with Crippen molar-refractivity contribution < 1.29 is 14.3 Å². The fourth-order valence-corrected chi connectivity index (χ4v) is 1.71. The van der Waals surface area contributed by atoms with Crippen LogP contribution in [0.15, 0.2) is 24.3 Å². The van der Waals surface area contributed by atoms with E-state index in [0.717, 1.165) is 0 Å². The van der Waals surface area contributed by atoms with Gasteiger partial charge in [-0.05, 0) is 32.9 Å². The topological polar surface area (TPSA) is 73.6 Å². The third kappa shape index (κ3) is 6.43. The highest BCUT2D eigenvalue weighted by Crippen LogP contribution is 2.14. The lowest BCUT2D eigenvalue weighted by Gasteiger charge is -2.24. The zero-order valence-corrected chi connectivity index (χ0v) is 12.4. The largest absolute Gasteiger partial charge is 0.493 e. The number of nitrogen functional groups attached to an aromatic ring is 1. The molecule has 20 heavy (non-hydrogen) atoms. The first-order chi connectivity index (χ1) is 9.43. The van der Waals surface area contributed by atoms with Crippen molar-refractivity contribution >= 4 is 11.6 Å². The molecule has 5 nitrogen and oxygen atoms in total. The molecule has 0 heterocycles. The minimum atomic E-state index is -0.348. The number of carbonyl (C=O) groups is 1. The van der Waals surface area contributed by atoms with Crippen molar-refractivity contribution in [3.8, 4) is 5.75 Å². The van der Waals surface area contributed by atoms with Crippen LogP contribution in [0.1, 0.15) is 27.2 Å². The van der Waals surface area contributed by atoms with Crippen LogP contribution < -0.4 is 15.8 Å². The van der Waals surface area contributed by atoms with Gasteiger partial charge in [0.1, 0.15) is 5.75 Å². The van der Waals surface area contributed by atoms with Gasteiger partial charge in [0.2, 0.25) is 5.91 Å². The average molecular weight is 280 g/mol. The summed E-state index contributed by atoms with van der Waals surface area (Å²) in [6.07, 6.45) is 0.303. The van der Waals surface area contributed by atoms with Crippen molar-refractivity contribution in [1.82, 2.24) is 5.32 Å². The zero-order valence-electron chi connectivity index (χ0n) is 12.4. The highest BCUT2D eigenvalue weighted by atomic mass is 16.5. The van der Waals surface area contributed by atoms with E-state index in [1.807, 2.05) is 32.9 Å². The highest BCUT2D eigenvalue weighted by Gasteiger charge is 2.18. The maximum atomic E-state index is 11.7. The van der Waals surface area contributed by atoms with Crippen molar-refractivity contribution in [2.24, 2.45) is 0 Å². The number of anilines is 1. The molecule has 0 aromatic heterocycles. The van der Waals surface area contributed by atoms with Gasteiger partial charge in [-0.1, -0.05) is 6.07 Å². The molecule has 0 saturated carbocycles. The van der Waals surface area contributed by atoms with Gasteiger partial charge in [-0.15, -0.1) is 0 Å². The van der Waals surface area contributed by atoms with Crippen LogP contribution in [-0.4, -0.2) is 31.3 Å². The van der Waals surface area contributed by atoms with E-state index in [0.29, 0.717) is 37.6 Å². The van der Waals surface area contributed by atoms with Crippen LogP contribution >= 0.6 is 0 Å². The minimum Gasteiger partial charge on any atom is -0.493 e. The molecule has 0 aliphatic rings. The van der Waals surface area contributed by atoms with E-state index in [9.17, 15) is 4.79 Å². The molecular formula is C15H24N2O3. The van der Waals surface area contributed by atoms with Crippen LogP contribution in [0.2, 0.25) is 0 Å². The van der Waals surface area contributed by atoms with Crippen LogP contribution in [0.4, 0.5) is 5.69 Å². The van der Waals surface area contributed by atoms with Crippen LogP contribution in [0.3, 0.4) is 0 Å². The average Bonchev–Trinajstić information content (AvgIpc) is 2.37. The molecule has 1 amide bonds. The van der Waals surface area contributed by atoms with E-state index in [4.69, 9.17) is 15.2 Å². The quantitative estimate of drug-likeness (QED) is 0.714. The Morgan fingerprint density at radius 1 is 1.40 bits per heavy atom. The molecule has 112 valence electrons. The van der Waals surface area contributed by atoms with Crippen LogP contribution in [0.5, 0.6) is 5.75 Å². The van der Waals surface area contributed by atoms with Crippen molar-refractivity contribution in [3.05, 3.63) is 24.3 Å². The summed E-state index contributed by atoms with van der Waals surface area (Å²) in [7, 11) is 0. The third-order valence-electron chi connectivity index (χ3n) is 2.70. The summed E-state index contributed by atoms with van der Waals surface area (Å²) >= 11 is 0. The van der Waals surface area contributed by atoms with Gasteiger partial charge >= 0.3 is 0 Å². The highest BCUT2D eigenvalue weighted by molar-refractivity contribution is 5.76. The molecule has 3 N–H and O–H groups in total. The summed E-state index contributed by atoms with van der Waals surface area (Å²) in [5.74, 6) is 0.620. The summed E-state index contributed by atoms with van der Waals surface area (Å²) in [4.78, 5) is 11.7. The van der Waals surface area contributed by atoms with Crippen molar-refractivity contribution in [2.45, 2.75) is 32.8 Å². The number of hydrogen-bond donors (Lipinski definition) is 2. The molecule has 0 atom stereocenters. The zero-order chi connectivity index (χ0) is 15.0. The SMILES string of the molecule is CCOC(C)(C)CNC(=O)CCOc1cccc(N)c1. The molecule has 0 aliphatic heterocycles. The normalized spacial score (nSPS) is 11.2. The number of nitrogens with one attached hydrogen (secondary N) is 1. The van der Waals surface area contributed by atoms with Gasteiger partial charge in [-0.3, -0.25) is 4.79 Å². The van der Waals surface area contributed by atoms with Crippen molar-refractivity contribution in [2.75, 3.05) is 25.5 Å². The summed E-state index contributed by atoms with van der Waals surface area (Å²) in [5.41, 5.74) is 5.94. The fourth-order valence-electron chi connectivity index (χ4n) is 1.71. The first-order valence-corrected chi connectivity index (χ1v) is 6.82. The summed E-state index contributed by atoms with van der Waals surface area (Å²) in [5, 5.41) is 2.84. The first kappa shape index (κ1) is 16.3. The van der Waals surface area contributed by atoms with Gasteiger partial charge < -0.3 is 20.5 Å². The van der Waals surface area contributed by atoms with Crippen LogP contribution in [-0.2, 0) is 9.53 Å². The van der Waals surface area contributed by atoms with E-state index in [2.05, 4.69) is 5.32 Å². The molecule has 0 radical (unpaired) electrons. The number of amides is 1. The van der Waals surface area contributed by atoms with Gasteiger partial charge in [0.25, 0.3) is 0 Å². The van der Waals surface area contributed by atoms with Gasteiger partial charge in [0.15, 0.2) is 0 Å². The number of nitrogens with two attached hydrogens (primary N) is 1. The van der Waals surface area contributed by atoms with Gasteiger partial charge in [0.05, 0.1) is 18.6 Å². The summed E-state index contributed by atoms with van der Waals surface area (Å²) in [6.45, 7) is 7.26. The first-order valence-electron chi connectivity index (χ1n) is 6.82.